The molecule has 0 saturated heterocycles. The summed E-state index contributed by atoms with van der Waals surface area (Å²) in [5, 5.41) is 9.20. The number of nitrogens with zero attached hydrogens (tertiary/aromatic N) is 2. The zero-order valence-electron chi connectivity index (χ0n) is 18.0. The second kappa shape index (κ2) is 10.9. The van der Waals surface area contributed by atoms with E-state index < -0.39 is 28.6 Å². The molecular weight excluding hydrogens is 470 g/mol. The smallest absolute Gasteiger partial charge is 0.341 e. The fraction of sp³-hybridized carbons (Fsp3) is 0.292. The first-order valence-electron chi connectivity index (χ1n) is 10.4. The van der Waals surface area contributed by atoms with Crippen molar-refractivity contribution in [2.24, 2.45) is 0 Å². The van der Waals surface area contributed by atoms with Crippen LogP contribution in [0.3, 0.4) is 0 Å². The zero-order chi connectivity index (χ0) is 24.1. The maximum atomic E-state index is 15.0. The molecule has 0 fully saturated rings. The van der Waals surface area contributed by atoms with Gasteiger partial charge < -0.3 is 9.67 Å². The Balaban J connectivity index is 2.04. The van der Waals surface area contributed by atoms with E-state index in [0.717, 1.165) is 11.6 Å². The lowest BCUT2D eigenvalue weighted by molar-refractivity contribution is 0.0694. The Kier molecular flexibility index (Phi) is 8.24. The molecular formula is C24H23Cl2FN2O4. The SMILES string of the molecule is CCn1cc(C(=O)O)c(=O)c2cc(F)c(C(=O)c3cccc(CN(CCCl)CCCl)c3)cc21. The normalized spacial score (nSPS) is 11.3. The Morgan fingerprint density at radius 3 is 2.39 bits per heavy atom. The predicted octanol–water partition coefficient (Wildman–Crippen LogP) is 4.37. The van der Waals surface area contributed by atoms with Gasteiger partial charge in [-0.05, 0) is 30.7 Å². The first kappa shape index (κ1) is 24.9. The van der Waals surface area contributed by atoms with Crippen LogP contribution >= 0.6 is 23.2 Å². The maximum absolute atomic E-state index is 15.0. The summed E-state index contributed by atoms with van der Waals surface area (Å²) in [6, 6.07) is 9.14. The lowest BCUT2D eigenvalue weighted by Crippen LogP contribution is -2.27. The van der Waals surface area contributed by atoms with Gasteiger partial charge in [-0.25, -0.2) is 9.18 Å². The first-order chi connectivity index (χ1) is 15.8. The van der Waals surface area contributed by atoms with Crippen molar-refractivity contribution >= 4 is 45.9 Å². The molecule has 0 aliphatic rings. The second-order valence-corrected chi connectivity index (χ2v) is 8.25. The van der Waals surface area contributed by atoms with Gasteiger partial charge in [0.05, 0.1) is 11.1 Å². The molecule has 0 bridgehead atoms. The van der Waals surface area contributed by atoms with Gasteiger partial charge in [0.15, 0.2) is 5.78 Å². The third kappa shape index (κ3) is 5.43. The molecule has 1 heterocycles. The van der Waals surface area contributed by atoms with Crippen molar-refractivity contribution in [1.29, 1.82) is 0 Å². The number of pyridine rings is 1. The number of hydrogen-bond acceptors (Lipinski definition) is 4. The average Bonchev–Trinajstić information content (AvgIpc) is 2.79. The minimum Gasteiger partial charge on any atom is -0.477 e. The van der Waals surface area contributed by atoms with Gasteiger partial charge in [0.25, 0.3) is 0 Å². The molecule has 1 aromatic heterocycles. The number of rotatable bonds is 10. The van der Waals surface area contributed by atoms with Gasteiger partial charge in [0.2, 0.25) is 5.43 Å². The number of carboxylic acids is 1. The van der Waals surface area contributed by atoms with Crippen LogP contribution in [0.1, 0.15) is 38.8 Å². The van der Waals surface area contributed by atoms with Crippen LogP contribution in [0.2, 0.25) is 0 Å². The molecule has 2 aromatic carbocycles. The van der Waals surface area contributed by atoms with Crippen molar-refractivity contribution in [1.82, 2.24) is 9.47 Å². The standard InChI is InChI=1S/C24H23Cl2FN2O4/c1-2-29-14-19(24(32)33)23(31)18-11-20(27)17(12-21(18)29)22(30)16-5-3-4-15(10-16)13-28(8-6-25)9-7-26/h3-5,10-12,14H,2,6-9,13H2,1H3,(H,32,33). The number of aromatic carboxylic acids is 1. The number of ketones is 1. The second-order valence-electron chi connectivity index (χ2n) is 7.50. The van der Waals surface area contributed by atoms with Gasteiger partial charge in [-0.3, -0.25) is 14.5 Å². The molecule has 33 heavy (non-hydrogen) atoms. The topological polar surface area (TPSA) is 79.6 Å². The van der Waals surface area contributed by atoms with Gasteiger partial charge in [-0.2, -0.15) is 0 Å². The van der Waals surface area contributed by atoms with Crippen LogP contribution in [0, 0.1) is 5.82 Å². The Hall–Kier alpha value is -2.74. The summed E-state index contributed by atoms with van der Waals surface area (Å²) in [6.07, 6.45) is 1.21. The van der Waals surface area contributed by atoms with E-state index in [-0.39, 0.29) is 10.9 Å². The number of aryl methyl sites for hydroxylation is 1. The van der Waals surface area contributed by atoms with E-state index in [1.807, 2.05) is 6.07 Å². The zero-order valence-corrected chi connectivity index (χ0v) is 19.5. The van der Waals surface area contributed by atoms with E-state index in [4.69, 9.17) is 23.2 Å². The fourth-order valence-electron chi connectivity index (χ4n) is 3.73. The monoisotopic (exact) mass is 492 g/mol. The third-order valence-electron chi connectivity index (χ3n) is 5.38. The molecule has 0 saturated carbocycles. The van der Waals surface area contributed by atoms with Crippen molar-refractivity contribution in [3.63, 3.8) is 0 Å². The number of hydrogen-bond donors (Lipinski definition) is 1. The molecule has 0 spiro atoms. The van der Waals surface area contributed by atoms with E-state index in [0.29, 0.717) is 49.0 Å². The van der Waals surface area contributed by atoms with Crippen molar-refractivity contribution in [3.8, 4) is 0 Å². The van der Waals surface area contributed by atoms with Crippen LogP contribution in [-0.2, 0) is 13.1 Å². The Morgan fingerprint density at radius 2 is 1.79 bits per heavy atom. The van der Waals surface area contributed by atoms with Gasteiger partial charge in [0.1, 0.15) is 11.4 Å². The lowest BCUT2D eigenvalue weighted by Gasteiger charge is -2.20. The summed E-state index contributed by atoms with van der Waals surface area (Å²) in [7, 11) is 0. The van der Waals surface area contributed by atoms with Crippen LogP contribution in [0.4, 0.5) is 4.39 Å². The molecule has 0 radical (unpaired) electrons. The summed E-state index contributed by atoms with van der Waals surface area (Å²) >= 11 is 11.7. The van der Waals surface area contributed by atoms with E-state index in [2.05, 4.69) is 4.90 Å². The van der Waals surface area contributed by atoms with Crippen LogP contribution in [0.5, 0.6) is 0 Å². The highest BCUT2D eigenvalue weighted by molar-refractivity contribution is 6.18. The Labute approximate surface area is 200 Å². The van der Waals surface area contributed by atoms with Crippen LogP contribution in [0.15, 0.2) is 47.4 Å². The minimum atomic E-state index is -1.39. The van der Waals surface area contributed by atoms with E-state index in [1.165, 1.54) is 16.8 Å². The number of alkyl halides is 2. The number of carboxylic acid groups (broad SMARTS) is 1. The van der Waals surface area contributed by atoms with Crippen molar-refractivity contribution in [2.75, 3.05) is 24.8 Å². The van der Waals surface area contributed by atoms with Gasteiger partial charge in [0, 0.05) is 55.1 Å². The minimum absolute atomic E-state index is 0.0858. The highest BCUT2D eigenvalue weighted by atomic mass is 35.5. The van der Waals surface area contributed by atoms with Crippen molar-refractivity contribution in [2.45, 2.75) is 20.0 Å². The van der Waals surface area contributed by atoms with E-state index >= 15 is 0 Å². The van der Waals surface area contributed by atoms with Crippen molar-refractivity contribution in [3.05, 3.63) is 80.9 Å². The largest absolute Gasteiger partial charge is 0.477 e. The molecule has 0 aliphatic carbocycles. The quantitative estimate of drug-likeness (QED) is 0.335. The highest BCUT2D eigenvalue weighted by Crippen LogP contribution is 2.22. The van der Waals surface area contributed by atoms with Gasteiger partial charge in [-0.1, -0.05) is 18.2 Å². The highest BCUT2D eigenvalue weighted by Gasteiger charge is 2.20. The van der Waals surface area contributed by atoms with Crippen LogP contribution < -0.4 is 5.43 Å². The summed E-state index contributed by atoms with van der Waals surface area (Å²) in [4.78, 5) is 39.2. The van der Waals surface area contributed by atoms with E-state index in [9.17, 15) is 23.9 Å². The molecule has 1 N–H and O–H groups in total. The van der Waals surface area contributed by atoms with E-state index in [1.54, 1.807) is 25.1 Å². The molecule has 3 aromatic rings. The number of fused-ring (bicyclic) bond motifs is 1. The van der Waals surface area contributed by atoms with Gasteiger partial charge >= 0.3 is 5.97 Å². The fourth-order valence-corrected chi connectivity index (χ4v) is 4.21. The molecule has 6 nitrogen and oxygen atoms in total. The Morgan fingerprint density at radius 1 is 1.09 bits per heavy atom. The average molecular weight is 493 g/mol. The number of benzene rings is 2. The number of carbonyl (C=O) groups excluding carboxylic acids is 1. The summed E-state index contributed by atoms with van der Waals surface area (Å²) in [5.74, 6) is -1.92. The van der Waals surface area contributed by atoms with Crippen LogP contribution in [0.25, 0.3) is 10.9 Å². The molecule has 3 rings (SSSR count). The number of halogens is 3. The Bertz CT molecular complexity index is 1250. The molecule has 0 atom stereocenters. The molecule has 174 valence electrons. The first-order valence-corrected chi connectivity index (χ1v) is 11.5. The number of carbonyl (C=O) groups is 2. The lowest BCUT2D eigenvalue weighted by atomic mass is 9.98. The maximum Gasteiger partial charge on any atom is 0.341 e. The van der Waals surface area contributed by atoms with Gasteiger partial charge in [-0.15, -0.1) is 23.2 Å². The number of aromatic nitrogens is 1. The summed E-state index contributed by atoms with van der Waals surface area (Å²) in [5.41, 5.74) is 0.0186. The summed E-state index contributed by atoms with van der Waals surface area (Å²) < 4.78 is 16.5. The molecule has 0 unspecified atom stereocenters. The third-order valence-corrected chi connectivity index (χ3v) is 5.72. The summed E-state index contributed by atoms with van der Waals surface area (Å²) in [6.45, 7) is 3.91. The molecule has 0 aliphatic heterocycles. The predicted molar refractivity (Wildman–Crippen MR) is 127 cm³/mol. The molecule has 0 amide bonds. The molecule has 9 heteroatoms. The van der Waals surface area contributed by atoms with Crippen molar-refractivity contribution < 1.29 is 19.1 Å². The van der Waals surface area contributed by atoms with Crippen LogP contribution in [-0.4, -0.2) is 51.2 Å².